The van der Waals surface area contributed by atoms with Crippen LogP contribution in [0.15, 0.2) is 35.8 Å². The largest absolute Gasteiger partial charge is 0.296 e. The summed E-state index contributed by atoms with van der Waals surface area (Å²) in [4.78, 5) is 16.0. The van der Waals surface area contributed by atoms with E-state index in [1.807, 2.05) is 0 Å². The molecule has 0 unspecified atom stereocenters. The number of hydrogen-bond donors (Lipinski definition) is 1. The number of hydrogen-bond acceptors (Lipinski definition) is 4. The minimum Gasteiger partial charge on any atom is -0.296 e. The van der Waals surface area contributed by atoms with Crippen LogP contribution in [0, 0.1) is 11.6 Å². The van der Waals surface area contributed by atoms with Crippen molar-refractivity contribution in [2.75, 3.05) is 5.32 Å². The molecule has 0 saturated carbocycles. The average Bonchev–Trinajstić information content (AvgIpc) is 3.11. The number of halogens is 2. The first-order chi connectivity index (χ1) is 10.5. The number of nitrogens with one attached hydrogen (secondary N) is 1. The van der Waals surface area contributed by atoms with Crippen molar-refractivity contribution in [1.82, 2.24) is 14.8 Å². The molecule has 22 heavy (non-hydrogen) atoms. The summed E-state index contributed by atoms with van der Waals surface area (Å²) in [5.74, 6) is -1.61. The second kappa shape index (κ2) is 5.64. The first-order valence-electron chi connectivity index (χ1n) is 6.25. The van der Waals surface area contributed by atoms with Crippen LogP contribution in [-0.2, 0) is 7.05 Å². The van der Waals surface area contributed by atoms with Gasteiger partial charge in [0.05, 0.1) is 5.69 Å². The minimum atomic E-state index is -0.587. The number of nitrogens with zero attached hydrogens (tertiary/aromatic N) is 3. The number of anilines is 1. The van der Waals surface area contributed by atoms with Crippen LogP contribution in [0.4, 0.5) is 13.9 Å². The Bertz CT molecular complexity index is 829. The van der Waals surface area contributed by atoms with Crippen molar-refractivity contribution >= 4 is 22.4 Å². The Morgan fingerprint density at radius 1 is 1.32 bits per heavy atom. The molecule has 5 nitrogen and oxygen atoms in total. The average molecular weight is 320 g/mol. The predicted octanol–water partition coefficient (Wildman–Crippen LogP) is 3.07. The Balaban J connectivity index is 1.93. The van der Waals surface area contributed by atoms with E-state index in [4.69, 9.17) is 0 Å². The van der Waals surface area contributed by atoms with Gasteiger partial charge in [-0.05, 0) is 24.3 Å². The Labute approximate surface area is 128 Å². The van der Waals surface area contributed by atoms with Gasteiger partial charge in [-0.3, -0.25) is 14.8 Å². The second-order valence-electron chi connectivity index (χ2n) is 4.45. The van der Waals surface area contributed by atoms with E-state index in [0.717, 1.165) is 18.2 Å². The number of carbonyl (C=O) groups excluding carboxylic acids is 1. The van der Waals surface area contributed by atoms with Gasteiger partial charge in [0.1, 0.15) is 11.6 Å². The molecular weight excluding hydrogens is 310 g/mol. The van der Waals surface area contributed by atoms with Crippen molar-refractivity contribution in [3.63, 3.8) is 0 Å². The summed E-state index contributed by atoms with van der Waals surface area (Å²) in [5.41, 5.74) is 0.445. The molecule has 1 amide bonds. The molecule has 0 aliphatic heterocycles. The first kappa shape index (κ1) is 14.3. The van der Waals surface area contributed by atoms with Gasteiger partial charge in [0, 0.05) is 24.2 Å². The van der Waals surface area contributed by atoms with Gasteiger partial charge in [0.25, 0.3) is 5.91 Å². The molecule has 0 saturated heterocycles. The fourth-order valence-corrected chi connectivity index (χ4v) is 2.49. The van der Waals surface area contributed by atoms with Crippen molar-refractivity contribution in [3.05, 3.63) is 53.2 Å². The lowest BCUT2D eigenvalue weighted by atomic mass is 10.1. The SMILES string of the molecule is Cn1nc(C(=O)Nc2nccs2)cc1-c1cc(F)ccc1F. The summed E-state index contributed by atoms with van der Waals surface area (Å²) >= 11 is 1.27. The predicted molar refractivity (Wildman–Crippen MR) is 78.6 cm³/mol. The van der Waals surface area contributed by atoms with E-state index in [1.165, 1.54) is 22.1 Å². The monoisotopic (exact) mass is 320 g/mol. The summed E-state index contributed by atoms with van der Waals surface area (Å²) < 4.78 is 28.5. The Morgan fingerprint density at radius 2 is 2.14 bits per heavy atom. The lowest BCUT2D eigenvalue weighted by Gasteiger charge is -2.03. The van der Waals surface area contributed by atoms with Crippen LogP contribution in [-0.4, -0.2) is 20.7 Å². The summed E-state index contributed by atoms with van der Waals surface area (Å²) in [5, 5.41) is 8.77. The third kappa shape index (κ3) is 2.73. The number of amides is 1. The van der Waals surface area contributed by atoms with E-state index in [1.54, 1.807) is 18.6 Å². The third-order valence-corrected chi connectivity index (χ3v) is 3.66. The van der Waals surface area contributed by atoms with Crippen LogP contribution in [0.25, 0.3) is 11.3 Å². The molecule has 2 aromatic heterocycles. The highest BCUT2D eigenvalue weighted by molar-refractivity contribution is 7.13. The molecule has 112 valence electrons. The summed E-state index contributed by atoms with van der Waals surface area (Å²) in [6, 6.07) is 4.54. The van der Waals surface area contributed by atoms with Crippen LogP contribution in [0.1, 0.15) is 10.5 Å². The molecule has 0 radical (unpaired) electrons. The number of aryl methyl sites for hydroxylation is 1. The Morgan fingerprint density at radius 3 is 2.86 bits per heavy atom. The fourth-order valence-electron chi connectivity index (χ4n) is 1.97. The highest BCUT2D eigenvalue weighted by atomic mass is 32.1. The highest BCUT2D eigenvalue weighted by Crippen LogP contribution is 2.24. The Hall–Kier alpha value is -2.61. The van der Waals surface area contributed by atoms with Gasteiger partial charge in [-0.25, -0.2) is 13.8 Å². The smallest absolute Gasteiger partial charge is 0.277 e. The van der Waals surface area contributed by atoms with E-state index in [0.29, 0.717) is 10.8 Å². The van der Waals surface area contributed by atoms with Crippen LogP contribution in [0.5, 0.6) is 0 Å². The van der Waals surface area contributed by atoms with Gasteiger partial charge in [0.2, 0.25) is 0 Å². The van der Waals surface area contributed by atoms with Crippen LogP contribution in [0.2, 0.25) is 0 Å². The molecule has 3 rings (SSSR count). The lowest BCUT2D eigenvalue weighted by molar-refractivity contribution is 0.102. The second-order valence-corrected chi connectivity index (χ2v) is 5.35. The Kier molecular flexibility index (Phi) is 3.68. The molecule has 0 bridgehead atoms. The molecule has 0 spiro atoms. The summed E-state index contributed by atoms with van der Waals surface area (Å²) in [6.45, 7) is 0. The molecule has 1 aromatic carbocycles. The zero-order chi connectivity index (χ0) is 15.7. The van der Waals surface area contributed by atoms with Crippen molar-refractivity contribution in [2.24, 2.45) is 7.05 Å². The molecular formula is C14H10F2N4OS. The summed E-state index contributed by atoms with van der Waals surface area (Å²) in [6.07, 6.45) is 1.56. The van der Waals surface area contributed by atoms with Crippen LogP contribution in [0.3, 0.4) is 0 Å². The maximum absolute atomic E-state index is 13.8. The van der Waals surface area contributed by atoms with Crippen molar-refractivity contribution in [2.45, 2.75) is 0 Å². The van der Waals surface area contributed by atoms with Gasteiger partial charge in [-0.1, -0.05) is 0 Å². The fraction of sp³-hybridized carbons (Fsp3) is 0.0714. The quantitative estimate of drug-likeness (QED) is 0.807. The minimum absolute atomic E-state index is 0.0447. The summed E-state index contributed by atoms with van der Waals surface area (Å²) in [7, 11) is 1.56. The zero-order valence-corrected chi connectivity index (χ0v) is 12.2. The van der Waals surface area contributed by atoms with Crippen LogP contribution < -0.4 is 5.32 Å². The topological polar surface area (TPSA) is 59.8 Å². The van der Waals surface area contributed by atoms with E-state index < -0.39 is 17.5 Å². The van der Waals surface area contributed by atoms with Gasteiger partial charge in [-0.15, -0.1) is 11.3 Å². The first-order valence-corrected chi connectivity index (χ1v) is 7.13. The standard InChI is InChI=1S/C14H10F2N4OS/c1-20-12(9-6-8(15)2-3-10(9)16)7-11(19-20)13(21)18-14-17-4-5-22-14/h2-7H,1H3,(H,17,18,21). The van der Waals surface area contributed by atoms with Crippen molar-refractivity contribution in [3.8, 4) is 11.3 Å². The molecule has 0 aliphatic carbocycles. The molecule has 3 aromatic rings. The molecule has 0 aliphatic rings. The van der Waals surface area contributed by atoms with E-state index >= 15 is 0 Å². The van der Waals surface area contributed by atoms with Crippen LogP contribution >= 0.6 is 11.3 Å². The highest BCUT2D eigenvalue weighted by Gasteiger charge is 2.17. The number of rotatable bonds is 3. The molecule has 8 heteroatoms. The third-order valence-electron chi connectivity index (χ3n) is 2.97. The molecule has 0 atom stereocenters. The maximum atomic E-state index is 13.8. The van der Waals surface area contributed by atoms with Gasteiger partial charge in [-0.2, -0.15) is 5.10 Å². The zero-order valence-electron chi connectivity index (χ0n) is 11.4. The van der Waals surface area contributed by atoms with Gasteiger partial charge >= 0.3 is 0 Å². The van der Waals surface area contributed by atoms with Gasteiger partial charge in [0.15, 0.2) is 10.8 Å². The van der Waals surface area contributed by atoms with E-state index in [9.17, 15) is 13.6 Å². The lowest BCUT2D eigenvalue weighted by Crippen LogP contribution is -2.12. The molecule has 2 heterocycles. The van der Waals surface area contributed by atoms with Crippen molar-refractivity contribution < 1.29 is 13.6 Å². The number of aromatic nitrogens is 3. The maximum Gasteiger partial charge on any atom is 0.277 e. The van der Waals surface area contributed by atoms with E-state index in [2.05, 4.69) is 15.4 Å². The van der Waals surface area contributed by atoms with Crippen molar-refractivity contribution in [1.29, 1.82) is 0 Å². The number of carbonyl (C=O) groups is 1. The molecule has 1 N–H and O–H groups in total. The van der Waals surface area contributed by atoms with Gasteiger partial charge < -0.3 is 0 Å². The normalized spacial score (nSPS) is 10.7. The molecule has 0 fully saturated rings. The number of thiazole rings is 1. The number of benzene rings is 1. The van der Waals surface area contributed by atoms with E-state index in [-0.39, 0.29) is 11.3 Å².